The maximum atomic E-state index is 12.8. The minimum Gasteiger partial charge on any atom is -0.447 e. The van der Waals surface area contributed by atoms with Gasteiger partial charge >= 0.3 is 6.09 Å². The fraction of sp³-hybridized carbons (Fsp3) is 0.450. The van der Waals surface area contributed by atoms with Gasteiger partial charge in [0.15, 0.2) is 5.82 Å². The second kappa shape index (κ2) is 7.65. The van der Waals surface area contributed by atoms with E-state index in [-0.39, 0.29) is 17.6 Å². The van der Waals surface area contributed by atoms with Crippen molar-refractivity contribution in [3.8, 4) is 0 Å². The minimum atomic E-state index is -0.443. The van der Waals surface area contributed by atoms with Crippen molar-refractivity contribution in [2.75, 3.05) is 42.6 Å². The predicted molar refractivity (Wildman–Crippen MR) is 107 cm³/mol. The summed E-state index contributed by atoms with van der Waals surface area (Å²) in [5, 5.41) is 0. The number of rotatable bonds is 3. The Kier molecular flexibility index (Phi) is 5.04. The van der Waals surface area contributed by atoms with Crippen molar-refractivity contribution in [1.29, 1.82) is 0 Å². The van der Waals surface area contributed by atoms with Crippen molar-refractivity contribution < 1.29 is 14.3 Å². The third kappa shape index (κ3) is 3.72. The Morgan fingerprint density at radius 1 is 1.07 bits per heavy atom. The first kappa shape index (κ1) is 19.1. The van der Waals surface area contributed by atoms with Gasteiger partial charge in [-0.2, -0.15) is 0 Å². The van der Waals surface area contributed by atoms with Crippen LogP contribution in [0.1, 0.15) is 28.5 Å². The van der Waals surface area contributed by atoms with Crippen LogP contribution >= 0.6 is 0 Å². The van der Waals surface area contributed by atoms with Crippen LogP contribution in [-0.2, 0) is 4.74 Å². The van der Waals surface area contributed by atoms with Gasteiger partial charge in [-0.1, -0.05) is 6.07 Å². The van der Waals surface area contributed by atoms with E-state index in [1.54, 1.807) is 4.90 Å². The summed E-state index contributed by atoms with van der Waals surface area (Å²) >= 11 is 0. The molecule has 0 saturated carbocycles. The van der Waals surface area contributed by atoms with E-state index < -0.39 is 6.09 Å². The molecule has 2 aromatic heterocycles. The van der Waals surface area contributed by atoms with Crippen LogP contribution in [0.4, 0.5) is 16.4 Å². The molecule has 9 heteroatoms. The number of amides is 2. The molecule has 152 valence electrons. The number of nitrogens with zero attached hydrogens (tertiary/aromatic N) is 6. The summed E-state index contributed by atoms with van der Waals surface area (Å²) in [5.41, 5.74) is 2.55. The highest BCUT2D eigenvalue weighted by Crippen LogP contribution is 2.21. The van der Waals surface area contributed by atoms with E-state index in [9.17, 15) is 9.59 Å². The number of carbonyl (C=O) groups excluding carboxylic acids is 2. The molecule has 2 saturated heterocycles. The van der Waals surface area contributed by atoms with Crippen LogP contribution in [0, 0.1) is 13.8 Å². The van der Waals surface area contributed by atoms with Gasteiger partial charge in [0.1, 0.15) is 18.1 Å². The fourth-order valence-corrected chi connectivity index (χ4v) is 3.71. The molecule has 2 aromatic rings. The lowest BCUT2D eigenvalue weighted by Crippen LogP contribution is -2.49. The number of carbonyl (C=O) groups is 2. The topological polar surface area (TPSA) is 91.8 Å². The molecule has 0 bridgehead atoms. The Balaban J connectivity index is 1.40. The van der Waals surface area contributed by atoms with Crippen molar-refractivity contribution >= 4 is 23.6 Å². The lowest BCUT2D eigenvalue weighted by Gasteiger charge is -2.35. The molecule has 0 radical (unpaired) electrons. The zero-order valence-corrected chi connectivity index (χ0v) is 16.8. The van der Waals surface area contributed by atoms with Crippen LogP contribution in [0.25, 0.3) is 0 Å². The van der Waals surface area contributed by atoms with Gasteiger partial charge in [0.25, 0.3) is 5.91 Å². The molecule has 4 heterocycles. The van der Waals surface area contributed by atoms with Crippen LogP contribution in [0.15, 0.2) is 24.7 Å². The maximum absolute atomic E-state index is 12.8. The van der Waals surface area contributed by atoms with E-state index in [2.05, 4.69) is 32.8 Å². The molecule has 9 nitrogen and oxygen atoms in total. The molecular formula is C20H24N6O3. The number of hydrogen-bond donors (Lipinski definition) is 0. The largest absolute Gasteiger partial charge is 0.447 e. The zero-order valence-electron chi connectivity index (χ0n) is 16.8. The van der Waals surface area contributed by atoms with E-state index in [1.165, 1.54) is 17.3 Å². The Labute approximate surface area is 169 Å². The van der Waals surface area contributed by atoms with E-state index in [0.717, 1.165) is 16.9 Å². The summed E-state index contributed by atoms with van der Waals surface area (Å²) < 4.78 is 5.00. The Morgan fingerprint density at radius 2 is 1.83 bits per heavy atom. The lowest BCUT2D eigenvalue weighted by molar-refractivity contribution is 0.0740. The van der Waals surface area contributed by atoms with Crippen molar-refractivity contribution in [2.45, 2.75) is 26.8 Å². The maximum Gasteiger partial charge on any atom is 0.415 e. The van der Waals surface area contributed by atoms with Crippen molar-refractivity contribution in [2.24, 2.45) is 0 Å². The highest BCUT2D eigenvalue weighted by Gasteiger charge is 2.32. The quantitative estimate of drug-likeness (QED) is 0.781. The van der Waals surface area contributed by atoms with E-state index in [0.29, 0.717) is 38.6 Å². The number of ether oxygens (including phenoxy) is 1. The average molecular weight is 396 g/mol. The smallest absolute Gasteiger partial charge is 0.415 e. The number of piperazine rings is 1. The molecule has 0 spiro atoms. The van der Waals surface area contributed by atoms with Gasteiger partial charge in [-0.05, 0) is 31.9 Å². The molecule has 4 rings (SSSR count). The van der Waals surface area contributed by atoms with Gasteiger partial charge in [0.2, 0.25) is 0 Å². The fourth-order valence-electron chi connectivity index (χ4n) is 3.71. The highest BCUT2D eigenvalue weighted by molar-refractivity contribution is 5.93. The first-order valence-corrected chi connectivity index (χ1v) is 9.69. The van der Waals surface area contributed by atoms with E-state index in [1.807, 2.05) is 20.0 Å². The van der Waals surface area contributed by atoms with Crippen LogP contribution in [-0.4, -0.2) is 70.7 Å². The molecule has 0 aromatic carbocycles. The molecule has 29 heavy (non-hydrogen) atoms. The van der Waals surface area contributed by atoms with Crippen molar-refractivity contribution in [1.82, 2.24) is 19.9 Å². The van der Waals surface area contributed by atoms with Gasteiger partial charge in [-0.3, -0.25) is 9.69 Å². The third-order valence-electron chi connectivity index (χ3n) is 5.24. The summed E-state index contributed by atoms with van der Waals surface area (Å²) in [7, 11) is 0. The summed E-state index contributed by atoms with van der Waals surface area (Å²) in [6.45, 7) is 8.88. The number of cyclic esters (lactones) is 1. The standard InChI is InChI=1S/C20H24N6O3/c1-13-8-14(2)18(23-9-13)24-4-6-25(7-5-24)19(27)16-10-22-17(11-21-16)26-15(3)12-29-20(26)28/h8-11,15H,4-7,12H2,1-3H3. The number of aromatic nitrogens is 3. The first-order chi connectivity index (χ1) is 13.9. The Morgan fingerprint density at radius 3 is 2.41 bits per heavy atom. The van der Waals surface area contributed by atoms with Gasteiger partial charge in [-0.15, -0.1) is 0 Å². The molecular weight excluding hydrogens is 372 g/mol. The van der Waals surface area contributed by atoms with Gasteiger partial charge in [-0.25, -0.2) is 19.7 Å². The molecule has 2 amide bonds. The lowest BCUT2D eigenvalue weighted by atomic mass is 10.2. The monoisotopic (exact) mass is 396 g/mol. The SMILES string of the molecule is Cc1cnc(N2CCN(C(=O)c3cnc(N4C(=O)OCC4C)cn3)CC2)c(C)c1. The van der Waals surface area contributed by atoms with Crippen LogP contribution in [0.5, 0.6) is 0 Å². The highest BCUT2D eigenvalue weighted by atomic mass is 16.6. The van der Waals surface area contributed by atoms with E-state index in [4.69, 9.17) is 4.74 Å². The van der Waals surface area contributed by atoms with Gasteiger partial charge in [0.05, 0.1) is 18.4 Å². The molecule has 0 aliphatic carbocycles. The third-order valence-corrected chi connectivity index (χ3v) is 5.24. The Bertz CT molecular complexity index is 924. The molecule has 1 atom stereocenters. The summed E-state index contributed by atoms with van der Waals surface area (Å²) in [4.78, 5) is 43.1. The molecule has 2 aliphatic rings. The number of hydrogen-bond acceptors (Lipinski definition) is 7. The van der Waals surface area contributed by atoms with E-state index >= 15 is 0 Å². The minimum absolute atomic E-state index is 0.106. The molecule has 2 aliphatic heterocycles. The summed E-state index contributed by atoms with van der Waals surface area (Å²) in [5.74, 6) is 1.20. The second-order valence-electron chi connectivity index (χ2n) is 7.49. The van der Waals surface area contributed by atoms with Crippen LogP contribution in [0.2, 0.25) is 0 Å². The number of anilines is 2. The molecule has 2 fully saturated rings. The molecule has 1 unspecified atom stereocenters. The first-order valence-electron chi connectivity index (χ1n) is 9.69. The summed E-state index contributed by atoms with van der Waals surface area (Å²) in [6, 6.07) is 2.01. The number of pyridine rings is 1. The second-order valence-corrected chi connectivity index (χ2v) is 7.49. The molecule has 0 N–H and O–H groups in total. The average Bonchev–Trinajstić information content (AvgIpc) is 3.06. The number of aryl methyl sites for hydroxylation is 2. The van der Waals surface area contributed by atoms with Crippen LogP contribution in [0.3, 0.4) is 0 Å². The normalized spacial score (nSPS) is 19.5. The van der Waals surface area contributed by atoms with Crippen molar-refractivity contribution in [3.63, 3.8) is 0 Å². The zero-order chi connectivity index (χ0) is 20.5. The van der Waals surface area contributed by atoms with Gasteiger partial charge < -0.3 is 14.5 Å². The van der Waals surface area contributed by atoms with Crippen LogP contribution < -0.4 is 9.80 Å². The van der Waals surface area contributed by atoms with Crippen molar-refractivity contribution in [3.05, 3.63) is 41.5 Å². The van der Waals surface area contributed by atoms with Gasteiger partial charge in [0, 0.05) is 32.4 Å². The Hall–Kier alpha value is -3.23. The predicted octanol–water partition coefficient (Wildman–Crippen LogP) is 1.80. The summed E-state index contributed by atoms with van der Waals surface area (Å²) in [6.07, 6.45) is 4.30.